The van der Waals surface area contributed by atoms with Crippen LogP contribution in [0.15, 0.2) is 78.9 Å². The Morgan fingerprint density at radius 3 is 2.32 bits per heavy atom. The molecule has 1 aliphatic rings. The summed E-state index contributed by atoms with van der Waals surface area (Å²) < 4.78 is 0. The molecule has 0 bridgehead atoms. The zero-order valence-electron chi connectivity index (χ0n) is 18.1. The third-order valence-electron chi connectivity index (χ3n) is 5.81. The van der Waals surface area contributed by atoms with Gasteiger partial charge in [0.05, 0.1) is 12.2 Å². The number of urea groups is 1. The van der Waals surface area contributed by atoms with Gasteiger partial charge in [-0.25, -0.2) is 4.79 Å². The van der Waals surface area contributed by atoms with Gasteiger partial charge in [-0.05, 0) is 49.6 Å². The number of benzene rings is 2. The molecule has 0 radical (unpaired) electrons. The highest BCUT2D eigenvalue weighted by atomic mass is 16.2. The van der Waals surface area contributed by atoms with Crippen LogP contribution >= 0.6 is 0 Å². The smallest absolute Gasteiger partial charge is 0.316 e. The number of pyridine rings is 1. The second-order valence-corrected chi connectivity index (χ2v) is 8.19. The first-order valence-corrected chi connectivity index (χ1v) is 11.0. The van der Waals surface area contributed by atoms with Crippen LogP contribution in [0.1, 0.15) is 29.8 Å². The maximum absolute atomic E-state index is 13.2. The van der Waals surface area contributed by atoms with E-state index >= 15 is 0 Å². The average molecular weight is 415 g/mol. The second kappa shape index (κ2) is 10.2. The van der Waals surface area contributed by atoms with E-state index in [1.807, 2.05) is 60.4 Å². The van der Waals surface area contributed by atoms with Crippen molar-refractivity contribution in [1.29, 1.82) is 0 Å². The van der Waals surface area contributed by atoms with Crippen LogP contribution in [0.4, 0.5) is 10.5 Å². The molecule has 0 unspecified atom stereocenters. The summed E-state index contributed by atoms with van der Waals surface area (Å²) in [5.74, 6) is 0. The highest BCUT2D eigenvalue weighted by Crippen LogP contribution is 2.22. The van der Waals surface area contributed by atoms with Crippen LogP contribution in [0.2, 0.25) is 0 Å². The molecule has 4 rings (SSSR count). The van der Waals surface area contributed by atoms with Crippen LogP contribution in [-0.2, 0) is 13.1 Å². The quantitative estimate of drug-likeness (QED) is 0.611. The highest BCUT2D eigenvalue weighted by Gasteiger charge is 2.28. The van der Waals surface area contributed by atoms with E-state index < -0.39 is 0 Å². The van der Waals surface area contributed by atoms with E-state index in [4.69, 9.17) is 0 Å². The number of anilines is 1. The van der Waals surface area contributed by atoms with Gasteiger partial charge in [0.1, 0.15) is 0 Å². The van der Waals surface area contributed by atoms with E-state index in [0.29, 0.717) is 6.54 Å². The number of likely N-dealkylation sites (tertiary alicyclic amines) is 1. The lowest BCUT2D eigenvalue weighted by atomic mass is 10.0. The normalized spacial score (nSPS) is 14.9. The molecule has 0 atom stereocenters. The molecule has 3 aromatic rings. The molecule has 2 heterocycles. The number of amides is 2. The van der Waals surface area contributed by atoms with E-state index in [0.717, 1.165) is 49.6 Å². The van der Waals surface area contributed by atoms with Crippen molar-refractivity contribution in [3.05, 3.63) is 95.8 Å². The number of hydrogen-bond acceptors (Lipinski definition) is 3. The number of hydrogen-bond donors (Lipinski definition) is 1. The molecule has 1 saturated heterocycles. The molecule has 1 aliphatic heterocycles. The molecule has 1 N–H and O–H groups in total. The van der Waals surface area contributed by atoms with Gasteiger partial charge in [-0.1, -0.05) is 54.6 Å². The van der Waals surface area contributed by atoms with E-state index in [1.54, 1.807) is 0 Å². The molecule has 5 nitrogen and oxygen atoms in total. The summed E-state index contributed by atoms with van der Waals surface area (Å²) in [6.07, 6.45) is 1.92. The SMILES string of the molecule is Cc1cccc(CN(C(=O)Nc2ccccc2)C2CCN(Cc3ccccc3)CC2)n1. The summed E-state index contributed by atoms with van der Waals surface area (Å²) in [5.41, 5.74) is 4.05. The Morgan fingerprint density at radius 1 is 0.968 bits per heavy atom. The number of piperidine rings is 1. The zero-order chi connectivity index (χ0) is 21.5. The summed E-state index contributed by atoms with van der Waals surface area (Å²) >= 11 is 0. The highest BCUT2D eigenvalue weighted by molar-refractivity contribution is 5.89. The van der Waals surface area contributed by atoms with Crippen LogP contribution in [0.5, 0.6) is 0 Å². The van der Waals surface area contributed by atoms with Gasteiger partial charge in [0.15, 0.2) is 0 Å². The van der Waals surface area contributed by atoms with Crippen LogP contribution in [0.25, 0.3) is 0 Å². The van der Waals surface area contributed by atoms with Gasteiger partial charge in [0.2, 0.25) is 0 Å². The van der Waals surface area contributed by atoms with Crippen molar-refractivity contribution in [2.45, 2.75) is 38.9 Å². The molecule has 0 spiro atoms. The monoisotopic (exact) mass is 414 g/mol. The Bertz CT molecular complexity index is 969. The Kier molecular flexibility index (Phi) is 6.95. The molecular formula is C26H30N4O. The van der Waals surface area contributed by atoms with E-state index in [1.165, 1.54) is 5.56 Å². The van der Waals surface area contributed by atoms with Crippen molar-refractivity contribution in [3.8, 4) is 0 Å². The Morgan fingerprint density at radius 2 is 1.65 bits per heavy atom. The molecule has 5 heteroatoms. The summed E-state index contributed by atoms with van der Waals surface area (Å²) in [5, 5.41) is 3.07. The summed E-state index contributed by atoms with van der Waals surface area (Å²) in [4.78, 5) is 22.3. The first-order valence-electron chi connectivity index (χ1n) is 11.0. The number of nitrogens with zero attached hydrogens (tertiary/aromatic N) is 3. The number of carbonyl (C=O) groups is 1. The van der Waals surface area contributed by atoms with Crippen molar-refractivity contribution >= 4 is 11.7 Å². The van der Waals surface area contributed by atoms with Crippen molar-refractivity contribution in [1.82, 2.24) is 14.8 Å². The lowest BCUT2D eigenvalue weighted by molar-refractivity contribution is 0.119. The third-order valence-corrected chi connectivity index (χ3v) is 5.81. The Labute approximate surface area is 184 Å². The molecule has 0 aliphatic carbocycles. The maximum Gasteiger partial charge on any atom is 0.322 e. The Balaban J connectivity index is 1.44. The number of carbonyl (C=O) groups excluding carboxylic acids is 1. The molecule has 31 heavy (non-hydrogen) atoms. The number of para-hydroxylation sites is 1. The van der Waals surface area contributed by atoms with E-state index in [-0.39, 0.29) is 12.1 Å². The Hall–Kier alpha value is -3.18. The largest absolute Gasteiger partial charge is 0.322 e. The minimum absolute atomic E-state index is 0.0592. The summed E-state index contributed by atoms with van der Waals surface area (Å²) in [6.45, 7) is 5.43. The number of aromatic nitrogens is 1. The molecule has 0 saturated carbocycles. The average Bonchev–Trinajstić information content (AvgIpc) is 2.79. The van der Waals surface area contributed by atoms with Gasteiger partial charge in [-0.15, -0.1) is 0 Å². The molecule has 2 amide bonds. The molecule has 1 fully saturated rings. The molecule has 1 aromatic heterocycles. The topological polar surface area (TPSA) is 48.5 Å². The molecule has 2 aromatic carbocycles. The molecule has 160 valence electrons. The first kappa shape index (κ1) is 21.1. The van der Waals surface area contributed by atoms with Crippen LogP contribution in [0, 0.1) is 6.92 Å². The van der Waals surface area contributed by atoms with E-state index in [9.17, 15) is 4.79 Å². The third kappa shape index (κ3) is 5.92. The van der Waals surface area contributed by atoms with Gasteiger partial charge in [-0.3, -0.25) is 9.88 Å². The first-order chi connectivity index (χ1) is 15.2. The van der Waals surface area contributed by atoms with Crippen molar-refractivity contribution in [2.24, 2.45) is 0 Å². The predicted molar refractivity (Wildman–Crippen MR) is 125 cm³/mol. The van der Waals surface area contributed by atoms with Gasteiger partial charge in [-0.2, -0.15) is 0 Å². The van der Waals surface area contributed by atoms with E-state index in [2.05, 4.69) is 45.5 Å². The fraction of sp³-hybridized carbons (Fsp3) is 0.308. The minimum Gasteiger partial charge on any atom is -0.316 e. The zero-order valence-corrected chi connectivity index (χ0v) is 18.1. The summed E-state index contributed by atoms with van der Waals surface area (Å²) in [7, 11) is 0. The second-order valence-electron chi connectivity index (χ2n) is 8.19. The van der Waals surface area contributed by atoms with Crippen LogP contribution < -0.4 is 5.32 Å². The fourth-order valence-corrected chi connectivity index (χ4v) is 4.18. The van der Waals surface area contributed by atoms with Crippen molar-refractivity contribution in [2.75, 3.05) is 18.4 Å². The van der Waals surface area contributed by atoms with Gasteiger partial charge < -0.3 is 10.2 Å². The number of nitrogens with one attached hydrogen (secondary N) is 1. The van der Waals surface area contributed by atoms with Gasteiger partial charge in [0.25, 0.3) is 0 Å². The van der Waals surface area contributed by atoms with Crippen molar-refractivity contribution < 1.29 is 4.79 Å². The lowest BCUT2D eigenvalue weighted by Gasteiger charge is -2.38. The van der Waals surface area contributed by atoms with Crippen LogP contribution in [-0.4, -0.2) is 39.9 Å². The maximum atomic E-state index is 13.2. The standard InChI is InChI=1S/C26H30N4O/c1-21-9-8-14-24(27-21)20-30(26(31)28-23-12-6-3-7-13-23)25-15-17-29(18-16-25)19-22-10-4-2-5-11-22/h2-14,25H,15-20H2,1H3,(H,28,31). The van der Waals surface area contributed by atoms with Crippen LogP contribution in [0.3, 0.4) is 0 Å². The number of aryl methyl sites for hydroxylation is 1. The lowest BCUT2D eigenvalue weighted by Crippen LogP contribution is -2.48. The van der Waals surface area contributed by atoms with Gasteiger partial charge in [0, 0.05) is 37.1 Å². The summed E-state index contributed by atoms with van der Waals surface area (Å²) in [6, 6.07) is 26.4. The fourth-order valence-electron chi connectivity index (χ4n) is 4.18. The molecular weight excluding hydrogens is 384 g/mol. The predicted octanol–water partition coefficient (Wildman–Crippen LogP) is 5.09. The minimum atomic E-state index is -0.0592. The van der Waals surface area contributed by atoms with Gasteiger partial charge >= 0.3 is 6.03 Å². The van der Waals surface area contributed by atoms with Crippen molar-refractivity contribution in [3.63, 3.8) is 0 Å². The number of rotatable bonds is 6.